The Morgan fingerprint density at radius 3 is 2.89 bits per heavy atom. The third-order valence-corrected chi connectivity index (χ3v) is 2.99. The monoisotopic (exact) mass is 302 g/mol. The molecule has 4 nitrogen and oxygen atoms in total. The lowest BCUT2D eigenvalue weighted by Crippen LogP contribution is -2.09. The molecule has 1 atom stereocenters. The molecule has 0 saturated heterocycles. The highest BCUT2D eigenvalue weighted by Gasteiger charge is 2.09. The zero-order chi connectivity index (χ0) is 13.0. The van der Waals surface area contributed by atoms with Gasteiger partial charge in [-0.3, -0.25) is 9.97 Å². The number of nitriles is 1. The fraction of sp³-hybridized carbons (Fsp3) is 0.154. The molecule has 0 amide bonds. The number of hydrogen-bond donors (Lipinski definition) is 1. The summed E-state index contributed by atoms with van der Waals surface area (Å²) in [5.41, 5.74) is 2.22. The molecule has 5 heteroatoms. The summed E-state index contributed by atoms with van der Waals surface area (Å²) in [4.78, 5) is 8.26. The fourth-order valence-corrected chi connectivity index (χ4v) is 1.94. The number of rotatable bonds is 3. The Balaban J connectivity index is 2.24. The van der Waals surface area contributed by atoms with Crippen LogP contribution in [0.2, 0.25) is 0 Å². The second-order valence-corrected chi connectivity index (χ2v) is 4.71. The Hall–Kier alpha value is -1.93. The number of hydrogen-bond acceptors (Lipinski definition) is 4. The molecule has 0 spiro atoms. The van der Waals surface area contributed by atoms with Crippen LogP contribution < -0.4 is 5.32 Å². The van der Waals surface area contributed by atoms with E-state index in [0.29, 0.717) is 5.56 Å². The lowest BCUT2D eigenvalue weighted by atomic mass is 10.1. The molecule has 1 aromatic heterocycles. The standard InChI is InChI=1S/C13H11BrN4/c1-9(13-8-16-4-5-17-13)18-12-6-11(14)3-2-10(12)7-15/h2-6,8-9,18H,1H3. The zero-order valence-electron chi connectivity index (χ0n) is 9.76. The maximum atomic E-state index is 9.06. The molecule has 0 aliphatic heterocycles. The minimum atomic E-state index is -0.0138. The first-order chi connectivity index (χ1) is 8.70. The molecular formula is C13H11BrN4. The van der Waals surface area contributed by atoms with Gasteiger partial charge in [-0.15, -0.1) is 0 Å². The first-order valence-electron chi connectivity index (χ1n) is 5.43. The van der Waals surface area contributed by atoms with Gasteiger partial charge >= 0.3 is 0 Å². The van der Waals surface area contributed by atoms with Crippen LogP contribution in [0.3, 0.4) is 0 Å². The number of aromatic nitrogens is 2. The number of halogens is 1. The van der Waals surface area contributed by atoms with Crippen molar-refractivity contribution in [3.8, 4) is 6.07 Å². The highest BCUT2D eigenvalue weighted by molar-refractivity contribution is 9.10. The number of anilines is 1. The predicted molar refractivity (Wildman–Crippen MR) is 72.9 cm³/mol. The first-order valence-corrected chi connectivity index (χ1v) is 6.22. The van der Waals surface area contributed by atoms with Crippen molar-refractivity contribution in [2.75, 3.05) is 5.32 Å². The van der Waals surface area contributed by atoms with Crippen LogP contribution in [0.5, 0.6) is 0 Å². The van der Waals surface area contributed by atoms with Crippen LogP contribution in [0, 0.1) is 11.3 Å². The van der Waals surface area contributed by atoms with E-state index >= 15 is 0 Å². The molecule has 18 heavy (non-hydrogen) atoms. The van der Waals surface area contributed by atoms with E-state index in [4.69, 9.17) is 5.26 Å². The van der Waals surface area contributed by atoms with E-state index < -0.39 is 0 Å². The van der Waals surface area contributed by atoms with Gasteiger partial charge in [0, 0.05) is 16.9 Å². The average Bonchev–Trinajstić information content (AvgIpc) is 2.40. The van der Waals surface area contributed by atoms with E-state index in [9.17, 15) is 0 Å². The molecule has 1 aromatic carbocycles. The second kappa shape index (κ2) is 5.61. The maximum Gasteiger partial charge on any atom is 0.101 e. The number of nitrogens with one attached hydrogen (secondary N) is 1. The number of benzene rings is 1. The molecule has 0 radical (unpaired) electrons. The predicted octanol–water partition coefficient (Wildman–Crippen LogP) is 3.28. The molecule has 2 aromatic rings. The van der Waals surface area contributed by atoms with Gasteiger partial charge in [-0.25, -0.2) is 0 Å². The van der Waals surface area contributed by atoms with Crippen LogP contribution >= 0.6 is 15.9 Å². The molecule has 1 N–H and O–H groups in total. The Labute approximate surface area is 114 Å². The Bertz CT molecular complexity index is 577. The average molecular weight is 303 g/mol. The van der Waals surface area contributed by atoms with Crippen LogP contribution in [0.4, 0.5) is 5.69 Å². The van der Waals surface area contributed by atoms with Crippen molar-refractivity contribution in [2.45, 2.75) is 13.0 Å². The Kier molecular flexibility index (Phi) is 3.90. The molecule has 1 heterocycles. The van der Waals surface area contributed by atoms with Gasteiger partial charge in [-0.2, -0.15) is 5.26 Å². The van der Waals surface area contributed by atoms with Crippen LogP contribution in [-0.2, 0) is 0 Å². The maximum absolute atomic E-state index is 9.06. The quantitative estimate of drug-likeness (QED) is 0.945. The fourth-order valence-electron chi connectivity index (χ4n) is 1.57. The van der Waals surface area contributed by atoms with Crippen LogP contribution in [0.25, 0.3) is 0 Å². The van der Waals surface area contributed by atoms with Gasteiger partial charge in [-0.1, -0.05) is 15.9 Å². The van der Waals surface area contributed by atoms with Crippen molar-refractivity contribution >= 4 is 21.6 Å². The van der Waals surface area contributed by atoms with E-state index in [1.165, 1.54) is 0 Å². The summed E-state index contributed by atoms with van der Waals surface area (Å²) in [7, 11) is 0. The molecule has 0 fully saturated rings. The summed E-state index contributed by atoms with van der Waals surface area (Å²) in [5, 5.41) is 12.3. The van der Waals surface area contributed by atoms with Crippen LogP contribution in [0.1, 0.15) is 24.2 Å². The van der Waals surface area contributed by atoms with E-state index in [1.807, 2.05) is 19.1 Å². The van der Waals surface area contributed by atoms with Crippen LogP contribution in [0.15, 0.2) is 41.3 Å². The van der Waals surface area contributed by atoms with Gasteiger partial charge in [-0.05, 0) is 25.1 Å². The Morgan fingerprint density at radius 1 is 1.39 bits per heavy atom. The number of nitrogens with zero attached hydrogens (tertiary/aromatic N) is 3. The largest absolute Gasteiger partial charge is 0.376 e. The zero-order valence-corrected chi connectivity index (χ0v) is 11.3. The molecule has 0 saturated carbocycles. The summed E-state index contributed by atoms with van der Waals surface area (Å²) in [6.07, 6.45) is 5.00. The van der Waals surface area contributed by atoms with E-state index in [-0.39, 0.29) is 6.04 Å². The third kappa shape index (κ3) is 2.84. The third-order valence-electron chi connectivity index (χ3n) is 2.50. The first kappa shape index (κ1) is 12.5. The minimum absolute atomic E-state index is 0.0138. The highest BCUT2D eigenvalue weighted by Crippen LogP contribution is 2.24. The smallest absolute Gasteiger partial charge is 0.101 e. The normalized spacial score (nSPS) is 11.6. The van der Waals surface area contributed by atoms with Crippen molar-refractivity contribution in [1.82, 2.24) is 9.97 Å². The van der Waals surface area contributed by atoms with Gasteiger partial charge < -0.3 is 5.32 Å². The summed E-state index contributed by atoms with van der Waals surface area (Å²) in [6, 6.07) is 7.64. The molecule has 0 bridgehead atoms. The van der Waals surface area contributed by atoms with E-state index in [0.717, 1.165) is 15.9 Å². The Morgan fingerprint density at radius 2 is 2.22 bits per heavy atom. The summed E-state index contributed by atoms with van der Waals surface area (Å²) >= 11 is 3.39. The van der Waals surface area contributed by atoms with Crippen LogP contribution in [-0.4, -0.2) is 9.97 Å². The molecule has 0 aliphatic rings. The van der Waals surface area contributed by atoms with Crippen molar-refractivity contribution < 1.29 is 0 Å². The van der Waals surface area contributed by atoms with Gasteiger partial charge in [0.2, 0.25) is 0 Å². The topological polar surface area (TPSA) is 61.6 Å². The van der Waals surface area contributed by atoms with E-state index in [1.54, 1.807) is 24.7 Å². The van der Waals surface area contributed by atoms with Crippen molar-refractivity contribution in [1.29, 1.82) is 5.26 Å². The highest BCUT2D eigenvalue weighted by atomic mass is 79.9. The summed E-state index contributed by atoms with van der Waals surface area (Å²) in [6.45, 7) is 1.98. The lowest BCUT2D eigenvalue weighted by molar-refractivity contribution is 0.827. The molecule has 90 valence electrons. The molecule has 2 rings (SSSR count). The summed E-state index contributed by atoms with van der Waals surface area (Å²) in [5.74, 6) is 0. The second-order valence-electron chi connectivity index (χ2n) is 3.80. The van der Waals surface area contributed by atoms with Crippen molar-refractivity contribution in [3.63, 3.8) is 0 Å². The van der Waals surface area contributed by atoms with E-state index in [2.05, 4.69) is 37.3 Å². The van der Waals surface area contributed by atoms with Gasteiger partial charge in [0.1, 0.15) is 6.07 Å². The molecule has 1 unspecified atom stereocenters. The van der Waals surface area contributed by atoms with Gasteiger partial charge in [0.25, 0.3) is 0 Å². The lowest BCUT2D eigenvalue weighted by Gasteiger charge is -2.15. The van der Waals surface area contributed by atoms with Gasteiger partial charge in [0.05, 0.1) is 29.2 Å². The molecular weight excluding hydrogens is 292 g/mol. The molecule has 0 aliphatic carbocycles. The van der Waals surface area contributed by atoms with Crippen molar-refractivity contribution in [3.05, 3.63) is 52.5 Å². The summed E-state index contributed by atoms with van der Waals surface area (Å²) < 4.78 is 0.926. The van der Waals surface area contributed by atoms with Gasteiger partial charge in [0.15, 0.2) is 0 Å². The SMILES string of the molecule is CC(Nc1cc(Br)ccc1C#N)c1cnccn1. The van der Waals surface area contributed by atoms with Crippen molar-refractivity contribution in [2.24, 2.45) is 0 Å². The minimum Gasteiger partial charge on any atom is -0.376 e.